The van der Waals surface area contributed by atoms with E-state index in [0.29, 0.717) is 6.04 Å². The molecule has 0 saturated carbocycles. The summed E-state index contributed by atoms with van der Waals surface area (Å²) in [6.45, 7) is 9.55. The van der Waals surface area contributed by atoms with Crippen LogP contribution in [0, 0.1) is 0 Å². The summed E-state index contributed by atoms with van der Waals surface area (Å²) in [7, 11) is 2.15. The quantitative estimate of drug-likeness (QED) is 0.752. The average molecular weight is 208 g/mol. The van der Waals surface area contributed by atoms with Crippen molar-refractivity contribution >= 4 is 0 Å². The van der Waals surface area contributed by atoms with Crippen LogP contribution in [0.25, 0.3) is 0 Å². The molecule has 0 fully saturated rings. The first-order chi connectivity index (χ1) is 7.25. The first kappa shape index (κ1) is 14.1. The smallest absolute Gasteiger partial charge is 0.0332 e. The maximum absolute atomic E-state index is 4.12. The van der Waals surface area contributed by atoms with Gasteiger partial charge in [-0.15, -0.1) is 0 Å². The van der Waals surface area contributed by atoms with Crippen LogP contribution in [0.3, 0.4) is 0 Å². The molecular weight excluding hydrogens is 184 g/mol. The Hall–Kier alpha value is -0.890. The van der Waals surface area contributed by atoms with E-state index in [2.05, 4.69) is 36.8 Å². The highest BCUT2D eigenvalue weighted by atomic mass is 15.1. The van der Waals surface area contributed by atoms with Crippen LogP contribution < -0.4 is 0 Å². The topological polar surface area (TPSA) is 16.1 Å². The molecule has 1 aromatic rings. The zero-order valence-electron chi connectivity index (χ0n) is 10.7. The van der Waals surface area contributed by atoms with E-state index in [1.54, 1.807) is 0 Å². The van der Waals surface area contributed by atoms with Gasteiger partial charge in [-0.05, 0) is 38.6 Å². The van der Waals surface area contributed by atoms with Gasteiger partial charge in [0.2, 0.25) is 0 Å². The lowest BCUT2D eigenvalue weighted by atomic mass is 10.1. The van der Waals surface area contributed by atoms with Crippen molar-refractivity contribution < 1.29 is 0 Å². The highest BCUT2D eigenvalue weighted by Crippen LogP contribution is 2.16. The normalized spacial score (nSPS) is 11.9. The van der Waals surface area contributed by atoms with Crippen molar-refractivity contribution in [2.24, 2.45) is 0 Å². The molecule has 1 atom stereocenters. The Balaban J connectivity index is 0.000000921. The van der Waals surface area contributed by atoms with E-state index in [1.807, 2.05) is 32.3 Å². The first-order valence-corrected chi connectivity index (χ1v) is 5.86. The number of hydrogen-bond donors (Lipinski definition) is 0. The largest absolute Gasteiger partial charge is 0.300 e. The molecule has 1 unspecified atom stereocenters. The zero-order chi connectivity index (χ0) is 11.7. The van der Waals surface area contributed by atoms with Gasteiger partial charge < -0.3 is 0 Å². The molecule has 0 amide bonds. The number of hydrogen-bond acceptors (Lipinski definition) is 2. The van der Waals surface area contributed by atoms with Gasteiger partial charge >= 0.3 is 0 Å². The van der Waals surface area contributed by atoms with Gasteiger partial charge in [0.1, 0.15) is 0 Å². The Labute approximate surface area is 94.3 Å². The summed E-state index contributed by atoms with van der Waals surface area (Å²) in [6.07, 6.45) is 4.95. The van der Waals surface area contributed by atoms with Gasteiger partial charge in [0, 0.05) is 18.4 Å². The van der Waals surface area contributed by atoms with E-state index < -0.39 is 0 Å². The monoisotopic (exact) mass is 208 g/mol. The second-order valence-electron chi connectivity index (χ2n) is 3.44. The van der Waals surface area contributed by atoms with Crippen LogP contribution in [0.1, 0.15) is 45.7 Å². The fourth-order valence-corrected chi connectivity index (χ4v) is 1.42. The van der Waals surface area contributed by atoms with Crippen molar-refractivity contribution in [2.75, 3.05) is 13.6 Å². The third kappa shape index (κ3) is 4.93. The molecule has 0 radical (unpaired) electrons. The van der Waals surface area contributed by atoms with Crippen molar-refractivity contribution in [2.45, 2.75) is 40.2 Å². The van der Waals surface area contributed by atoms with Gasteiger partial charge in [-0.2, -0.15) is 0 Å². The zero-order valence-corrected chi connectivity index (χ0v) is 10.7. The van der Waals surface area contributed by atoms with Gasteiger partial charge in [0.25, 0.3) is 0 Å². The van der Waals surface area contributed by atoms with Crippen LogP contribution >= 0.6 is 0 Å². The minimum Gasteiger partial charge on any atom is -0.300 e. The van der Waals surface area contributed by atoms with E-state index in [1.165, 1.54) is 12.0 Å². The molecule has 2 nitrogen and oxygen atoms in total. The molecule has 2 heteroatoms. The Kier molecular flexibility index (Phi) is 7.92. The lowest BCUT2D eigenvalue weighted by molar-refractivity contribution is 0.262. The summed E-state index contributed by atoms with van der Waals surface area (Å²) < 4.78 is 0. The van der Waals surface area contributed by atoms with E-state index in [9.17, 15) is 0 Å². The third-order valence-electron chi connectivity index (χ3n) is 2.40. The second kappa shape index (κ2) is 8.42. The summed E-state index contributed by atoms with van der Waals surface area (Å²) in [5, 5.41) is 0. The highest BCUT2D eigenvalue weighted by Gasteiger charge is 2.09. The lowest BCUT2D eigenvalue weighted by Crippen LogP contribution is -2.23. The predicted molar refractivity (Wildman–Crippen MR) is 66.9 cm³/mol. The summed E-state index contributed by atoms with van der Waals surface area (Å²) in [5.41, 5.74) is 1.29. The van der Waals surface area contributed by atoms with Gasteiger partial charge in [-0.1, -0.05) is 26.8 Å². The van der Waals surface area contributed by atoms with Gasteiger partial charge in [0.05, 0.1) is 0 Å². The van der Waals surface area contributed by atoms with Crippen LogP contribution in [-0.4, -0.2) is 23.5 Å². The van der Waals surface area contributed by atoms with Crippen LogP contribution in [0.5, 0.6) is 0 Å². The molecular formula is C13H24N2. The Morgan fingerprint density at radius 3 is 2.53 bits per heavy atom. The number of aromatic nitrogens is 1. The highest BCUT2D eigenvalue weighted by molar-refractivity contribution is 5.12. The Bertz CT molecular complexity index is 234. The molecule has 0 aliphatic heterocycles. The Morgan fingerprint density at radius 1 is 1.40 bits per heavy atom. The maximum Gasteiger partial charge on any atom is 0.0332 e. The molecule has 0 bridgehead atoms. The van der Waals surface area contributed by atoms with Crippen LogP contribution in [0.15, 0.2) is 24.5 Å². The van der Waals surface area contributed by atoms with Crippen molar-refractivity contribution in [1.29, 1.82) is 0 Å². The fourth-order valence-electron chi connectivity index (χ4n) is 1.42. The maximum atomic E-state index is 4.12. The molecule has 0 aliphatic carbocycles. The van der Waals surface area contributed by atoms with Crippen molar-refractivity contribution in [3.8, 4) is 0 Å². The summed E-state index contributed by atoms with van der Waals surface area (Å²) in [5.74, 6) is 0. The summed E-state index contributed by atoms with van der Waals surface area (Å²) in [6, 6.07) is 4.59. The predicted octanol–water partition coefficient (Wildman–Crippen LogP) is 3.51. The van der Waals surface area contributed by atoms with Gasteiger partial charge in [-0.3, -0.25) is 9.88 Å². The van der Waals surface area contributed by atoms with Gasteiger partial charge in [-0.25, -0.2) is 0 Å². The molecule has 0 N–H and O–H groups in total. The van der Waals surface area contributed by atoms with Crippen molar-refractivity contribution in [1.82, 2.24) is 9.88 Å². The minimum absolute atomic E-state index is 0.466. The molecule has 0 spiro atoms. The molecule has 0 saturated heterocycles. The summed E-state index contributed by atoms with van der Waals surface area (Å²) >= 11 is 0. The molecule has 1 heterocycles. The van der Waals surface area contributed by atoms with Crippen LogP contribution in [0.2, 0.25) is 0 Å². The van der Waals surface area contributed by atoms with E-state index in [4.69, 9.17) is 0 Å². The summed E-state index contributed by atoms with van der Waals surface area (Å²) in [4.78, 5) is 6.47. The lowest BCUT2D eigenvalue weighted by Gasteiger charge is -2.23. The SMILES string of the molecule is CC.CCCN(C)C(C)c1cccnc1. The van der Waals surface area contributed by atoms with Gasteiger partial charge in [0.15, 0.2) is 0 Å². The molecule has 0 aliphatic rings. The first-order valence-electron chi connectivity index (χ1n) is 5.86. The third-order valence-corrected chi connectivity index (χ3v) is 2.40. The number of pyridine rings is 1. The number of nitrogens with zero attached hydrogens (tertiary/aromatic N) is 2. The molecule has 15 heavy (non-hydrogen) atoms. The average Bonchev–Trinajstić information content (AvgIpc) is 2.32. The van der Waals surface area contributed by atoms with Crippen molar-refractivity contribution in [3.05, 3.63) is 30.1 Å². The molecule has 0 aromatic carbocycles. The van der Waals surface area contributed by atoms with E-state index >= 15 is 0 Å². The van der Waals surface area contributed by atoms with Crippen LogP contribution in [-0.2, 0) is 0 Å². The minimum atomic E-state index is 0.466. The molecule has 1 aromatic heterocycles. The second-order valence-corrected chi connectivity index (χ2v) is 3.44. The Morgan fingerprint density at radius 2 is 2.07 bits per heavy atom. The van der Waals surface area contributed by atoms with Crippen LogP contribution in [0.4, 0.5) is 0 Å². The molecule has 1 rings (SSSR count). The van der Waals surface area contributed by atoms with E-state index in [0.717, 1.165) is 6.54 Å². The standard InChI is InChI=1S/C11H18N2.C2H6/c1-4-8-13(3)10(2)11-6-5-7-12-9-11;1-2/h5-7,9-10H,4,8H2,1-3H3;1-2H3. The van der Waals surface area contributed by atoms with E-state index in [-0.39, 0.29) is 0 Å². The fraction of sp³-hybridized carbons (Fsp3) is 0.615. The molecule has 86 valence electrons. The number of rotatable bonds is 4. The van der Waals surface area contributed by atoms with Crippen molar-refractivity contribution in [3.63, 3.8) is 0 Å².